The second-order valence-electron chi connectivity index (χ2n) is 7.85. The number of aliphatic hydroxyl groups is 1. The maximum absolute atomic E-state index is 12.1. The molecule has 144 valence electrons. The first-order valence-corrected chi connectivity index (χ1v) is 10.6. The zero-order valence-corrected chi connectivity index (χ0v) is 16.5. The molecule has 2 aliphatic heterocycles. The average Bonchev–Trinajstić information content (AvgIpc) is 3.15. The van der Waals surface area contributed by atoms with Gasteiger partial charge < -0.3 is 10.0 Å². The molecular weight excluding hydrogens is 358 g/mol. The highest BCUT2D eigenvalue weighted by Crippen LogP contribution is 2.39. The van der Waals surface area contributed by atoms with E-state index in [1.54, 1.807) is 11.3 Å². The zero-order valence-electron chi connectivity index (χ0n) is 15.6. The standard InChI is InChI=1S/C21H27N3O2S/c25-12-11-24-16-21(9-7-19(24)26)8-4-10-23(15-21)14-18-13-22-20(27-18)17-5-2-1-3-6-17/h1-3,5-6,13,25H,4,7-12,14-16H2/t21-/m1/s1. The normalized spacial score (nSPS) is 23.9. The Bertz CT molecular complexity index is 779. The van der Waals surface area contributed by atoms with Crippen molar-refractivity contribution in [3.8, 4) is 10.6 Å². The Hall–Kier alpha value is -1.76. The number of benzene rings is 1. The highest BCUT2D eigenvalue weighted by atomic mass is 32.1. The van der Waals surface area contributed by atoms with E-state index < -0.39 is 0 Å². The van der Waals surface area contributed by atoms with Crippen molar-refractivity contribution in [1.29, 1.82) is 0 Å². The fraction of sp³-hybridized carbons (Fsp3) is 0.524. The second-order valence-corrected chi connectivity index (χ2v) is 8.97. The summed E-state index contributed by atoms with van der Waals surface area (Å²) in [6, 6.07) is 10.3. The van der Waals surface area contributed by atoms with E-state index in [9.17, 15) is 9.90 Å². The van der Waals surface area contributed by atoms with E-state index in [2.05, 4.69) is 22.0 Å². The number of aromatic nitrogens is 1. The molecule has 1 spiro atoms. The lowest BCUT2D eigenvalue weighted by Crippen LogP contribution is -2.54. The molecule has 5 nitrogen and oxygen atoms in total. The summed E-state index contributed by atoms with van der Waals surface area (Å²) in [5.74, 6) is 0.196. The van der Waals surface area contributed by atoms with Crippen molar-refractivity contribution >= 4 is 17.2 Å². The number of hydrogen-bond acceptors (Lipinski definition) is 5. The lowest BCUT2D eigenvalue weighted by molar-refractivity contribution is -0.140. The van der Waals surface area contributed by atoms with Crippen molar-refractivity contribution in [1.82, 2.24) is 14.8 Å². The molecule has 2 saturated heterocycles. The van der Waals surface area contributed by atoms with Crippen LogP contribution in [0.1, 0.15) is 30.6 Å². The molecule has 27 heavy (non-hydrogen) atoms. The van der Waals surface area contributed by atoms with E-state index in [-0.39, 0.29) is 17.9 Å². The molecule has 1 amide bonds. The second kappa shape index (κ2) is 8.09. The Morgan fingerprint density at radius 1 is 1.19 bits per heavy atom. The molecule has 6 heteroatoms. The van der Waals surface area contributed by atoms with E-state index >= 15 is 0 Å². The lowest BCUT2D eigenvalue weighted by atomic mass is 9.73. The molecule has 3 heterocycles. The summed E-state index contributed by atoms with van der Waals surface area (Å²) in [6.07, 6.45) is 5.95. The molecule has 2 aliphatic rings. The van der Waals surface area contributed by atoms with Crippen molar-refractivity contribution in [3.63, 3.8) is 0 Å². The maximum atomic E-state index is 12.1. The molecule has 1 aromatic carbocycles. The van der Waals surface area contributed by atoms with Crippen LogP contribution in [-0.2, 0) is 11.3 Å². The molecule has 1 atom stereocenters. The Labute approximate surface area is 164 Å². The number of likely N-dealkylation sites (tertiary alicyclic amines) is 2. The van der Waals surface area contributed by atoms with E-state index in [0.717, 1.165) is 37.6 Å². The quantitative estimate of drug-likeness (QED) is 0.860. The highest BCUT2D eigenvalue weighted by molar-refractivity contribution is 7.15. The number of β-amino-alcohol motifs (C(OH)–C–C–N with tert-alkyl or cyclic N) is 1. The number of thiazole rings is 1. The minimum absolute atomic E-state index is 0.0503. The Morgan fingerprint density at radius 2 is 2.04 bits per heavy atom. The topological polar surface area (TPSA) is 56.7 Å². The molecule has 4 rings (SSSR count). The SMILES string of the molecule is O=C1CC[C@@]2(CCCN(Cc3cnc(-c4ccccc4)s3)C2)CN1CCO. The summed E-state index contributed by atoms with van der Waals surface area (Å²) in [4.78, 5) is 22.4. The fourth-order valence-corrected chi connectivity index (χ4v) is 5.48. The zero-order chi connectivity index (χ0) is 18.7. The van der Waals surface area contributed by atoms with Crippen LogP contribution in [0.25, 0.3) is 10.6 Å². The molecule has 0 aliphatic carbocycles. The number of carbonyl (C=O) groups excluding carboxylic acids is 1. The van der Waals surface area contributed by atoms with Crippen molar-refractivity contribution in [2.24, 2.45) is 5.41 Å². The van der Waals surface area contributed by atoms with Gasteiger partial charge >= 0.3 is 0 Å². The number of nitrogens with zero attached hydrogens (tertiary/aromatic N) is 3. The molecule has 2 fully saturated rings. The van der Waals surface area contributed by atoms with Gasteiger partial charge in [0.25, 0.3) is 0 Å². The predicted octanol–water partition coefficient (Wildman–Crippen LogP) is 3.01. The minimum atomic E-state index is 0.0503. The van der Waals surface area contributed by atoms with Gasteiger partial charge in [-0.2, -0.15) is 0 Å². The van der Waals surface area contributed by atoms with Crippen LogP contribution in [0.5, 0.6) is 0 Å². The lowest BCUT2D eigenvalue weighted by Gasteiger charge is -2.48. The van der Waals surface area contributed by atoms with Gasteiger partial charge in [0.2, 0.25) is 5.91 Å². The predicted molar refractivity (Wildman–Crippen MR) is 107 cm³/mol. The van der Waals surface area contributed by atoms with Crippen LogP contribution in [0.4, 0.5) is 0 Å². The first-order chi connectivity index (χ1) is 13.2. The van der Waals surface area contributed by atoms with Crippen LogP contribution in [0, 0.1) is 5.41 Å². The van der Waals surface area contributed by atoms with Crippen LogP contribution >= 0.6 is 11.3 Å². The fourth-order valence-electron chi connectivity index (χ4n) is 4.52. The number of hydrogen-bond donors (Lipinski definition) is 1. The van der Waals surface area contributed by atoms with Crippen molar-refractivity contribution in [2.75, 3.05) is 32.8 Å². The Balaban J connectivity index is 1.42. The molecule has 0 unspecified atom stereocenters. The summed E-state index contributed by atoms with van der Waals surface area (Å²) < 4.78 is 0. The number of carbonyl (C=O) groups is 1. The number of piperidine rings is 2. The van der Waals surface area contributed by atoms with Crippen LogP contribution in [0.15, 0.2) is 36.5 Å². The number of amides is 1. The molecular formula is C21H27N3O2S. The molecule has 2 aromatic rings. The smallest absolute Gasteiger partial charge is 0.222 e. The van der Waals surface area contributed by atoms with Gasteiger partial charge in [-0.05, 0) is 25.8 Å². The van der Waals surface area contributed by atoms with Gasteiger partial charge in [-0.1, -0.05) is 30.3 Å². The van der Waals surface area contributed by atoms with Crippen molar-refractivity contribution in [2.45, 2.75) is 32.2 Å². The maximum Gasteiger partial charge on any atom is 0.222 e. The molecule has 0 bridgehead atoms. The van der Waals surface area contributed by atoms with E-state index in [0.29, 0.717) is 13.0 Å². The van der Waals surface area contributed by atoms with Crippen LogP contribution in [0.3, 0.4) is 0 Å². The summed E-state index contributed by atoms with van der Waals surface area (Å²) in [6.45, 7) is 4.38. The van der Waals surface area contributed by atoms with Crippen LogP contribution < -0.4 is 0 Å². The summed E-state index contributed by atoms with van der Waals surface area (Å²) in [5.41, 5.74) is 1.36. The number of rotatable bonds is 5. The van der Waals surface area contributed by atoms with Crippen molar-refractivity contribution < 1.29 is 9.90 Å². The third kappa shape index (κ3) is 4.23. The minimum Gasteiger partial charge on any atom is -0.395 e. The Morgan fingerprint density at radius 3 is 2.85 bits per heavy atom. The van der Waals surface area contributed by atoms with Crippen molar-refractivity contribution in [3.05, 3.63) is 41.4 Å². The molecule has 1 N–H and O–H groups in total. The monoisotopic (exact) mass is 385 g/mol. The Kier molecular flexibility index (Phi) is 5.57. The van der Waals surface area contributed by atoms with Gasteiger partial charge in [0.1, 0.15) is 5.01 Å². The van der Waals surface area contributed by atoms with E-state index in [1.165, 1.54) is 23.3 Å². The van der Waals surface area contributed by atoms with Gasteiger partial charge in [-0.25, -0.2) is 4.98 Å². The van der Waals surface area contributed by atoms with Crippen LogP contribution in [0.2, 0.25) is 0 Å². The summed E-state index contributed by atoms with van der Waals surface area (Å²) >= 11 is 1.77. The van der Waals surface area contributed by atoms with E-state index in [4.69, 9.17) is 0 Å². The summed E-state index contributed by atoms with van der Waals surface area (Å²) in [5, 5.41) is 10.3. The van der Waals surface area contributed by atoms with Gasteiger partial charge in [0, 0.05) is 54.7 Å². The average molecular weight is 386 g/mol. The first kappa shape index (κ1) is 18.6. The molecule has 0 saturated carbocycles. The number of aliphatic hydroxyl groups excluding tert-OH is 1. The largest absolute Gasteiger partial charge is 0.395 e. The van der Waals surface area contributed by atoms with Gasteiger partial charge in [0.05, 0.1) is 6.61 Å². The third-order valence-electron chi connectivity index (χ3n) is 5.81. The molecule has 0 radical (unpaired) electrons. The van der Waals surface area contributed by atoms with Gasteiger partial charge in [-0.15, -0.1) is 11.3 Å². The van der Waals surface area contributed by atoms with E-state index in [1.807, 2.05) is 29.3 Å². The third-order valence-corrected chi connectivity index (χ3v) is 6.84. The van der Waals surface area contributed by atoms with Crippen LogP contribution in [-0.4, -0.2) is 58.6 Å². The first-order valence-electron chi connectivity index (χ1n) is 9.79. The molecule has 1 aromatic heterocycles. The van der Waals surface area contributed by atoms with Gasteiger partial charge in [0.15, 0.2) is 0 Å². The highest BCUT2D eigenvalue weighted by Gasteiger charge is 2.41. The summed E-state index contributed by atoms with van der Waals surface area (Å²) in [7, 11) is 0. The van der Waals surface area contributed by atoms with Gasteiger partial charge in [-0.3, -0.25) is 9.69 Å².